The number of hydrogen-bond donors (Lipinski definition) is 2. The average molecular weight is 498 g/mol. The largest absolute Gasteiger partial charge is 0.484 e. The lowest BCUT2D eigenvalue weighted by atomic mass is 10.1. The van der Waals surface area contributed by atoms with Crippen LogP contribution in [0, 0.1) is 6.92 Å². The van der Waals surface area contributed by atoms with Gasteiger partial charge in [-0.25, -0.2) is 4.98 Å². The maximum atomic E-state index is 13.0. The van der Waals surface area contributed by atoms with E-state index >= 15 is 0 Å². The number of aryl methyl sites for hydroxylation is 1. The van der Waals surface area contributed by atoms with Crippen LogP contribution in [0.15, 0.2) is 89.0 Å². The number of thiophene rings is 1. The fourth-order valence-electron chi connectivity index (χ4n) is 3.72. The van der Waals surface area contributed by atoms with E-state index in [1.54, 1.807) is 25.1 Å². The highest BCUT2D eigenvalue weighted by atomic mass is 32.1. The van der Waals surface area contributed by atoms with Crippen LogP contribution in [0.2, 0.25) is 0 Å². The predicted octanol–water partition coefficient (Wildman–Crippen LogP) is 4.60. The van der Waals surface area contributed by atoms with E-state index in [0.717, 1.165) is 10.4 Å². The summed E-state index contributed by atoms with van der Waals surface area (Å²) in [6, 6.07) is 24.5. The molecule has 0 radical (unpaired) electrons. The predicted molar refractivity (Wildman–Crippen MR) is 140 cm³/mol. The quantitative estimate of drug-likeness (QED) is 0.326. The number of carbonyl (C=O) groups excluding carboxylic acids is 1. The monoisotopic (exact) mass is 497 g/mol. The van der Waals surface area contributed by atoms with E-state index in [0.29, 0.717) is 34.9 Å². The van der Waals surface area contributed by atoms with Crippen molar-refractivity contribution in [3.63, 3.8) is 0 Å². The van der Waals surface area contributed by atoms with Gasteiger partial charge in [0.1, 0.15) is 17.3 Å². The van der Waals surface area contributed by atoms with E-state index in [9.17, 15) is 9.59 Å². The molecule has 0 atom stereocenters. The van der Waals surface area contributed by atoms with E-state index in [1.807, 2.05) is 66.0 Å². The smallest absolute Gasteiger partial charge is 0.263 e. The molecule has 0 saturated carbocycles. The molecular formula is C27H23N5O3S. The summed E-state index contributed by atoms with van der Waals surface area (Å²) in [6.45, 7) is 1.62. The van der Waals surface area contributed by atoms with Gasteiger partial charge in [0.15, 0.2) is 6.61 Å². The average Bonchev–Trinajstić information content (AvgIpc) is 3.57. The number of anilines is 1. The van der Waals surface area contributed by atoms with E-state index in [2.05, 4.69) is 20.4 Å². The van der Waals surface area contributed by atoms with Crippen molar-refractivity contribution in [2.75, 3.05) is 11.9 Å². The molecule has 9 heteroatoms. The Bertz CT molecular complexity index is 1530. The van der Waals surface area contributed by atoms with Crippen LogP contribution in [0.5, 0.6) is 5.75 Å². The summed E-state index contributed by atoms with van der Waals surface area (Å²) in [4.78, 5) is 34.1. The standard InChI is InChI=1S/C27H23N5O3S/c1-18-21(15-19-9-4-2-5-10-19)26(34)30-27(28-18)32-24(16-22(31-32)23-13-8-14-36-23)29-25(33)17-35-20-11-6-3-7-12-20/h2-14,16H,15,17H2,1H3,(H,29,33)(H,28,30,34). The molecule has 0 aliphatic heterocycles. The van der Waals surface area contributed by atoms with Crippen molar-refractivity contribution in [1.29, 1.82) is 0 Å². The molecule has 0 bridgehead atoms. The summed E-state index contributed by atoms with van der Waals surface area (Å²) >= 11 is 1.52. The van der Waals surface area contributed by atoms with Gasteiger partial charge in [0.25, 0.3) is 11.5 Å². The number of amides is 1. The number of para-hydroxylation sites is 1. The minimum Gasteiger partial charge on any atom is -0.484 e. The first kappa shape index (κ1) is 23.3. The maximum absolute atomic E-state index is 13.0. The van der Waals surface area contributed by atoms with Gasteiger partial charge in [-0.05, 0) is 36.1 Å². The van der Waals surface area contributed by atoms with Crippen molar-refractivity contribution >= 4 is 23.1 Å². The van der Waals surface area contributed by atoms with Gasteiger partial charge < -0.3 is 10.1 Å². The summed E-state index contributed by atoms with van der Waals surface area (Å²) in [6.07, 6.45) is 0.468. The highest BCUT2D eigenvalue weighted by Gasteiger charge is 2.18. The minimum atomic E-state index is -0.363. The van der Waals surface area contributed by atoms with Gasteiger partial charge >= 0.3 is 0 Å². The molecule has 5 rings (SSSR count). The maximum Gasteiger partial charge on any atom is 0.263 e. The third-order valence-electron chi connectivity index (χ3n) is 5.50. The first-order valence-corrected chi connectivity index (χ1v) is 12.2. The van der Waals surface area contributed by atoms with E-state index in [-0.39, 0.29) is 24.0 Å². The van der Waals surface area contributed by atoms with Crippen LogP contribution < -0.4 is 15.6 Å². The van der Waals surface area contributed by atoms with Crippen molar-refractivity contribution in [1.82, 2.24) is 19.7 Å². The minimum absolute atomic E-state index is 0.178. The number of carbonyl (C=O) groups is 1. The van der Waals surface area contributed by atoms with Gasteiger partial charge in [0.05, 0.1) is 10.6 Å². The molecule has 2 N–H and O–H groups in total. The second-order valence-corrected chi connectivity index (χ2v) is 9.02. The molecular weight excluding hydrogens is 474 g/mol. The van der Waals surface area contributed by atoms with Crippen LogP contribution in [-0.4, -0.2) is 32.3 Å². The summed E-state index contributed by atoms with van der Waals surface area (Å²) in [5.41, 5.74) is 2.59. The first-order chi connectivity index (χ1) is 17.6. The molecule has 0 fully saturated rings. The van der Waals surface area contributed by atoms with Crippen LogP contribution in [0.4, 0.5) is 5.82 Å². The van der Waals surface area contributed by atoms with Crippen LogP contribution in [0.3, 0.4) is 0 Å². The van der Waals surface area contributed by atoms with Gasteiger partial charge in [0, 0.05) is 18.1 Å². The number of aromatic nitrogens is 4. The zero-order valence-corrected chi connectivity index (χ0v) is 20.3. The van der Waals surface area contributed by atoms with Gasteiger partial charge in [-0.3, -0.25) is 14.6 Å². The fraction of sp³-hybridized carbons (Fsp3) is 0.111. The number of nitrogens with zero attached hydrogens (tertiary/aromatic N) is 3. The normalized spacial score (nSPS) is 10.8. The van der Waals surface area contributed by atoms with E-state index < -0.39 is 0 Å². The lowest BCUT2D eigenvalue weighted by Crippen LogP contribution is -2.24. The summed E-state index contributed by atoms with van der Waals surface area (Å²) in [7, 11) is 0. The third-order valence-corrected chi connectivity index (χ3v) is 6.39. The summed E-state index contributed by atoms with van der Waals surface area (Å²) in [5, 5.41) is 9.41. The second kappa shape index (κ2) is 10.4. The third kappa shape index (κ3) is 5.26. The number of hydrogen-bond acceptors (Lipinski definition) is 6. The molecule has 1 amide bonds. The molecule has 8 nitrogen and oxygen atoms in total. The van der Waals surface area contributed by atoms with Crippen LogP contribution in [-0.2, 0) is 11.2 Å². The molecule has 0 saturated heterocycles. The Morgan fingerprint density at radius 3 is 2.50 bits per heavy atom. The SMILES string of the molecule is Cc1nc(-n2nc(-c3cccs3)cc2NC(=O)COc2ccccc2)[nH]c(=O)c1Cc1ccccc1. The second-order valence-electron chi connectivity index (χ2n) is 8.07. The number of H-pyrrole nitrogens is 1. The number of benzene rings is 2. The zero-order chi connectivity index (χ0) is 24.9. The Balaban J connectivity index is 1.44. The molecule has 2 aromatic carbocycles. The molecule has 36 heavy (non-hydrogen) atoms. The first-order valence-electron chi connectivity index (χ1n) is 11.3. The lowest BCUT2D eigenvalue weighted by molar-refractivity contribution is -0.118. The van der Waals surface area contributed by atoms with Crippen molar-refractivity contribution in [3.05, 3.63) is 111 Å². The molecule has 0 aliphatic rings. The van der Waals surface area contributed by atoms with Gasteiger partial charge in [-0.2, -0.15) is 9.78 Å². The van der Waals surface area contributed by atoms with Crippen LogP contribution >= 0.6 is 11.3 Å². The van der Waals surface area contributed by atoms with Crippen molar-refractivity contribution in [3.8, 4) is 22.3 Å². The number of nitrogens with one attached hydrogen (secondary N) is 2. The Hall–Kier alpha value is -4.50. The molecule has 0 aliphatic carbocycles. The van der Waals surface area contributed by atoms with Crippen molar-refractivity contribution in [2.45, 2.75) is 13.3 Å². The highest BCUT2D eigenvalue weighted by Crippen LogP contribution is 2.27. The fourth-order valence-corrected chi connectivity index (χ4v) is 4.41. The zero-order valence-electron chi connectivity index (χ0n) is 19.5. The number of aromatic amines is 1. The van der Waals surface area contributed by atoms with E-state index in [1.165, 1.54) is 16.0 Å². The number of rotatable bonds is 8. The van der Waals surface area contributed by atoms with Crippen LogP contribution in [0.25, 0.3) is 16.5 Å². The molecule has 3 heterocycles. The topological polar surface area (TPSA) is 102 Å². The van der Waals surface area contributed by atoms with Gasteiger partial charge in [0.2, 0.25) is 5.95 Å². The Morgan fingerprint density at radius 1 is 1.06 bits per heavy atom. The van der Waals surface area contributed by atoms with Crippen molar-refractivity contribution in [2.24, 2.45) is 0 Å². The van der Waals surface area contributed by atoms with Gasteiger partial charge in [-0.1, -0.05) is 54.6 Å². The van der Waals surface area contributed by atoms with Crippen LogP contribution in [0.1, 0.15) is 16.8 Å². The lowest BCUT2D eigenvalue weighted by Gasteiger charge is -2.11. The summed E-state index contributed by atoms with van der Waals surface area (Å²) < 4.78 is 7.00. The Labute approximate surface area is 211 Å². The molecule has 3 aromatic heterocycles. The van der Waals surface area contributed by atoms with E-state index in [4.69, 9.17) is 4.74 Å². The number of ether oxygens (including phenoxy) is 1. The van der Waals surface area contributed by atoms with Crippen molar-refractivity contribution < 1.29 is 9.53 Å². The Morgan fingerprint density at radius 2 is 1.81 bits per heavy atom. The molecule has 0 unspecified atom stereocenters. The van der Waals surface area contributed by atoms with Gasteiger partial charge in [-0.15, -0.1) is 11.3 Å². The molecule has 0 spiro atoms. The molecule has 180 valence electrons. The highest BCUT2D eigenvalue weighted by molar-refractivity contribution is 7.13. The Kier molecular flexibility index (Phi) is 6.72. The summed E-state index contributed by atoms with van der Waals surface area (Å²) in [5.74, 6) is 0.823. The molecule has 5 aromatic rings.